The molecule has 1 saturated heterocycles. The summed E-state index contributed by atoms with van der Waals surface area (Å²) in [5, 5.41) is 0. The molecule has 1 aromatic heterocycles. The Kier molecular flexibility index (Phi) is 3.88. The third-order valence-corrected chi connectivity index (χ3v) is 3.93. The Morgan fingerprint density at radius 2 is 1.50 bits per heavy atom. The van der Waals surface area contributed by atoms with Crippen molar-refractivity contribution in [1.29, 1.82) is 0 Å². The van der Waals surface area contributed by atoms with E-state index < -0.39 is 5.92 Å². The van der Waals surface area contributed by atoms with E-state index in [-0.39, 0.29) is 31.8 Å². The average Bonchev–Trinajstić information content (AvgIpc) is 2.55. The van der Waals surface area contributed by atoms with E-state index in [0.29, 0.717) is 5.56 Å². The van der Waals surface area contributed by atoms with Gasteiger partial charge in [0, 0.05) is 43.9 Å². The van der Waals surface area contributed by atoms with Gasteiger partial charge in [-0.3, -0.25) is 9.78 Å². The van der Waals surface area contributed by atoms with E-state index >= 15 is 0 Å². The second-order valence-corrected chi connectivity index (χ2v) is 5.46. The number of nitrogens with zero attached hydrogens (tertiary/aromatic N) is 2. The van der Waals surface area contributed by atoms with Gasteiger partial charge >= 0.3 is 0 Å². The van der Waals surface area contributed by atoms with E-state index in [9.17, 15) is 13.6 Å². The van der Waals surface area contributed by atoms with Crippen molar-refractivity contribution in [3.63, 3.8) is 0 Å². The lowest BCUT2D eigenvalue weighted by Crippen LogP contribution is -2.42. The van der Waals surface area contributed by atoms with Crippen LogP contribution in [0.1, 0.15) is 23.2 Å². The average molecular weight is 302 g/mol. The van der Waals surface area contributed by atoms with Crippen LogP contribution in [-0.4, -0.2) is 34.8 Å². The third-order valence-electron chi connectivity index (χ3n) is 3.93. The Balaban J connectivity index is 1.72. The highest BCUT2D eigenvalue weighted by Gasteiger charge is 2.35. The number of rotatable bonds is 2. The number of hydrogen-bond donors (Lipinski definition) is 0. The van der Waals surface area contributed by atoms with E-state index in [1.165, 1.54) is 4.90 Å². The molecule has 0 aliphatic carbocycles. The first kappa shape index (κ1) is 14.6. The van der Waals surface area contributed by atoms with Crippen molar-refractivity contribution in [3.8, 4) is 11.1 Å². The molecule has 22 heavy (non-hydrogen) atoms. The predicted octanol–water partition coefficient (Wildman–Crippen LogP) is 3.62. The van der Waals surface area contributed by atoms with Gasteiger partial charge in [-0.05, 0) is 35.4 Å². The number of aromatic nitrogens is 1. The molecule has 0 atom stereocenters. The quantitative estimate of drug-likeness (QED) is 0.849. The van der Waals surface area contributed by atoms with Gasteiger partial charge in [0.05, 0.1) is 0 Å². The summed E-state index contributed by atoms with van der Waals surface area (Å²) in [5.74, 6) is -2.82. The number of alkyl halides is 2. The van der Waals surface area contributed by atoms with Crippen LogP contribution in [0, 0.1) is 0 Å². The number of halogens is 2. The van der Waals surface area contributed by atoms with Crippen molar-refractivity contribution in [1.82, 2.24) is 9.88 Å². The molecule has 0 spiro atoms. The fourth-order valence-corrected chi connectivity index (χ4v) is 2.57. The largest absolute Gasteiger partial charge is 0.338 e. The third kappa shape index (κ3) is 3.13. The van der Waals surface area contributed by atoms with Crippen LogP contribution >= 0.6 is 0 Å². The van der Waals surface area contributed by atoms with Gasteiger partial charge in [0.15, 0.2) is 0 Å². The molecule has 3 nitrogen and oxygen atoms in total. The zero-order valence-corrected chi connectivity index (χ0v) is 12.0. The highest BCUT2D eigenvalue weighted by atomic mass is 19.3. The van der Waals surface area contributed by atoms with Gasteiger partial charge in [-0.15, -0.1) is 0 Å². The van der Waals surface area contributed by atoms with Crippen molar-refractivity contribution >= 4 is 5.91 Å². The van der Waals surface area contributed by atoms with E-state index in [0.717, 1.165) is 11.1 Å². The van der Waals surface area contributed by atoms with Crippen LogP contribution < -0.4 is 0 Å². The van der Waals surface area contributed by atoms with Gasteiger partial charge in [0.25, 0.3) is 11.8 Å². The summed E-state index contributed by atoms with van der Waals surface area (Å²) < 4.78 is 26.3. The van der Waals surface area contributed by atoms with E-state index in [2.05, 4.69) is 4.98 Å². The number of amides is 1. The minimum absolute atomic E-state index is 0.109. The molecule has 0 N–H and O–H groups in total. The summed E-state index contributed by atoms with van der Waals surface area (Å²) in [4.78, 5) is 17.8. The molecule has 5 heteroatoms. The lowest BCUT2D eigenvalue weighted by Gasteiger charge is -2.31. The molecule has 2 heterocycles. The Labute approximate surface area is 127 Å². The molecule has 1 aliphatic heterocycles. The fourth-order valence-electron chi connectivity index (χ4n) is 2.57. The number of piperidine rings is 1. The van der Waals surface area contributed by atoms with Crippen LogP contribution in [-0.2, 0) is 0 Å². The molecule has 0 radical (unpaired) electrons. The second kappa shape index (κ2) is 5.83. The van der Waals surface area contributed by atoms with Gasteiger partial charge in [0.1, 0.15) is 0 Å². The number of hydrogen-bond acceptors (Lipinski definition) is 2. The predicted molar refractivity (Wildman–Crippen MR) is 79.8 cm³/mol. The van der Waals surface area contributed by atoms with Gasteiger partial charge < -0.3 is 4.90 Å². The smallest absolute Gasteiger partial charge is 0.253 e. The zero-order valence-electron chi connectivity index (χ0n) is 12.0. The van der Waals surface area contributed by atoms with Gasteiger partial charge in [-0.25, -0.2) is 8.78 Å². The highest BCUT2D eigenvalue weighted by molar-refractivity contribution is 5.94. The molecule has 114 valence electrons. The van der Waals surface area contributed by atoms with Crippen LogP contribution in [0.5, 0.6) is 0 Å². The molecule has 3 rings (SSSR count). The number of carbonyl (C=O) groups is 1. The van der Waals surface area contributed by atoms with E-state index in [4.69, 9.17) is 0 Å². The Morgan fingerprint density at radius 3 is 2.09 bits per heavy atom. The summed E-state index contributed by atoms with van der Waals surface area (Å²) in [5.41, 5.74) is 2.54. The van der Waals surface area contributed by atoms with Crippen LogP contribution in [0.25, 0.3) is 11.1 Å². The van der Waals surface area contributed by atoms with Crippen molar-refractivity contribution in [3.05, 3.63) is 54.4 Å². The molecule has 1 fully saturated rings. The highest BCUT2D eigenvalue weighted by Crippen LogP contribution is 2.28. The molecule has 0 saturated carbocycles. The molecular formula is C17H16F2N2O. The minimum atomic E-state index is -2.64. The molecule has 1 aliphatic rings. The first-order valence-corrected chi connectivity index (χ1v) is 7.23. The molecule has 1 amide bonds. The Morgan fingerprint density at radius 1 is 0.955 bits per heavy atom. The lowest BCUT2D eigenvalue weighted by molar-refractivity contribution is -0.0494. The monoisotopic (exact) mass is 302 g/mol. The van der Waals surface area contributed by atoms with E-state index in [1.807, 2.05) is 24.3 Å². The normalized spacial score (nSPS) is 17.3. The molecule has 0 unspecified atom stereocenters. The summed E-state index contributed by atoms with van der Waals surface area (Å²) in [7, 11) is 0. The number of pyridine rings is 1. The van der Waals surface area contributed by atoms with Crippen LogP contribution in [0.2, 0.25) is 0 Å². The van der Waals surface area contributed by atoms with Crippen LogP contribution in [0.3, 0.4) is 0 Å². The number of likely N-dealkylation sites (tertiary alicyclic amines) is 1. The van der Waals surface area contributed by atoms with Crippen LogP contribution in [0.4, 0.5) is 8.78 Å². The molecule has 2 aromatic rings. The minimum Gasteiger partial charge on any atom is -0.338 e. The first-order valence-electron chi connectivity index (χ1n) is 7.23. The Bertz CT molecular complexity index is 646. The van der Waals surface area contributed by atoms with E-state index in [1.54, 1.807) is 24.5 Å². The van der Waals surface area contributed by atoms with Gasteiger partial charge in [0.2, 0.25) is 0 Å². The Hall–Kier alpha value is -2.30. The van der Waals surface area contributed by atoms with Crippen LogP contribution in [0.15, 0.2) is 48.8 Å². The summed E-state index contributed by atoms with van der Waals surface area (Å²) in [6, 6.07) is 11.0. The number of benzene rings is 1. The maximum atomic E-state index is 13.1. The number of carbonyl (C=O) groups excluding carboxylic acids is 1. The molecule has 0 bridgehead atoms. The summed E-state index contributed by atoms with van der Waals surface area (Å²) in [6.07, 6.45) is 2.91. The first-order chi connectivity index (χ1) is 10.6. The van der Waals surface area contributed by atoms with Gasteiger partial charge in [-0.1, -0.05) is 12.1 Å². The fraction of sp³-hybridized carbons (Fsp3) is 0.294. The lowest BCUT2D eigenvalue weighted by atomic mass is 10.0. The topological polar surface area (TPSA) is 33.2 Å². The van der Waals surface area contributed by atoms with Crippen molar-refractivity contribution < 1.29 is 13.6 Å². The summed E-state index contributed by atoms with van der Waals surface area (Å²) >= 11 is 0. The maximum Gasteiger partial charge on any atom is 0.253 e. The zero-order chi connectivity index (χ0) is 15.6. The maximum absolute atomic E-state index is 13.1. The van der Waals surface area contributed by atoms with Crippen molar-refractivity contribution in [2.75, 3.05) is 13.1 Å². The SMILES string of the molecule is O=C(c1ccc(-c2ccncc2)cc1)N1CCC(F)(F)CC1. The molecular weight excluding hydrogens is 286 g/mol. The second-order valence-electron chi connectivity index (χ2n) is 5.46. The summed E-state index contributed by atoms with van der Waals surface area (Å²) in [6.45, 7) is 0.218. The van der Waals surface area contributed by atoms with Crippen molar-refractivity contribution in [2.24, 2.45) is 0 Å². The van der Waals surface area contributed by atoms with Gasteiger partial charge in [-0.2, -0.15) is 0 Å². The molecule has 1 aromatic carbocycles. The van der Waals surface area contributed by atoms with Crippen molar-refractivity contribution in [2.45, 2.75) is 18.8 Å². The standard InChI is InChI=1S/C17H16F2N2O/c18-17(19)7-11-21(12-8-17)16(22)15-3-1-13(2-4-15)14-5-9-20-10-6-14/h1-6,9-10H,7-8,11-12H2.